The monoisotopic (exact) mass is 959 g/mol. The van der Waals surface area contributed by atoms with Crippen molar-refractivity contribution in [1.82, 2.24) is 45.3 Å². The fourth-order valence-electron chi connectivity index (χ4n) is 9.42. The summed E-state index contributed by atoms with van der Waals surface area (Å²) >= 11 is 0. The number of benzene rings is 3. The van der Waals surface area contributed by atoms with Crippen LogP contribution < -0.4 is 20.1 Å². The van der Waals surface area contributed by atoms with Gasteiger partial charge in [0.25, 0.3) is 0 Å². The van der Waals surface area contributed by atoms with Crippen LogP contribution in [0.4, 0.5) is 14.4 Å². The number of hydrogen-bond donors (Lipinski definition) is 4. The third-order valence-corrected chi connectivity index (χ3v) is 13.3. The van der Waals surface area contributed by atoms with Gasteiger partial charge in [0, 0.05) is 25.1 Å². The van der Waals surface area contributed by atoms with Crippen molar-refractivity contribution in [3.05, 3.63) is 95.8 Å². The molecular formula is C50H57N9O11. The Morgan fingerprint density at radius 1 is 0.700 bits per heavy atom. The molecule has 0 saturated carbocycles. The second kappa shape index (κ2) is 20.2. The summed E-state index contributed by atoms with van der Waals surface area (Å²) in [6, 6.07) is 17.1. The van der Waals surface area contributed by atoms with Crippen LogP contribution in [0.15, 0.2) is 73.1 Å². The molecule has 6 heterocycles. The Morgan fingerprint density at radius 2 is 1.26 bits per heavy atom. The zero-order chi connectivity index (χ0) is 49.2. The number of nitrogens with zero attached hydrogens (tertiary/aromatic N) is 5. The standard InChI is InChI=1S/C50H57N9O11/c1-27(2)41(55-48(62)65-5)46(60)58-17-18-67-25-39(58)45-52-21-37(54-45)32-13-9-30(10-14-32)29-7-11-31(12-8-29)36-20-51-44(53-36)38-19-34(23-59(38)47(61)42(28(3)4)56-49(63)66-6)70-50(64)57-22-33-15-16-40-43(35(33)24-57)69-26-68-40/h7-16,20-21,27-28,34,38-39,41-42H,17-19,22-26H2,1-6H3,(H,51,53)(H,52,54)(H,55,62)(H,56,63)/t34-,38?,39?,41-,42-/m0/s1. The molecule has 2 fully saturated rings. The van der Waals surface area contributed by atoms with Crippen molar-refractivity contribution in [2.75, 3.05) is 47.3 Å². The topological polar surface area (TPSA) is 232 Å². The van der Waals surface area contributed by atoms with E-state index < -0.39 is 48.6 Å². The molecule has 0 bridgehead atoms. The van der Waals surface area contributed by atoms with Gasteiger partial charge in [-0.3, -0.25) is 14.5 Å². The molecule has 5 atom stereocenters. The zero-order valence-electron chi connectivity index (χ0n) is 39.9. The maximum Gasteiger partial charge on any atom is 0.410 e. The highest BCUT2D eigenvalue weighted by Gasteiger charge is 2.44. The Morgan fingerprint density at radius 3 is 1.83 bits per heavy atom. The predicted octanol–water partition coefficient (Wildman–Crippen LogP) is 6.32. The van der Waals surface area contributed by atoms with Gasteiger partial charge in [-0.05, 0) is 45.7 Å². The van der Waals surface area contributed by atoms with E-state index in [-0.39, 0.29) is 50.0 Å². The van der Waals surface area contributed by atoms with Crippen LogP contribution in [0.25, 0.3) is 33.6 Å². The van der Waals surface area contributed by atoms with E-state index in [4.69, 9.17) is 33.4 Å². The Balaban J connectivity index is 0.878. The molecule has 5 aromatic rings. The van der Waals surface area contributed by atoms with Crippen LogP contribution >= 0.6 is 0 Å². The Bertz CT molecular complexity index is 2740. The molecular weight excluding hydrogens is 903 g/mol. The number of nitrogens with one attached hydrogen (secondary N) is 4. The van der Waals surface area contributed by atoms with Crippen LogP contribution in [0, 0.1) is 11.8 Å². The SMILES string of the molecule is COC(=O)N[C@H](C(=O)N1CCOCC1c1ncc(-c2ccc(-c3ccc(-c4cnc(C5C[C@H](OC(=O)N6Cc7ccc8c(c7C6)OCO8)CN5C(=O)[C@@H](NC(=O)OC)C(C)C)[nH]4)cc3)cc2)[nH]1)C(C)C. The number of methoxy groups -OCH3 is 2. The first-order chi connectivity index (χ1) is 33.8. The summed E-state index contributed by atoms with van der Waals surface area (Å²) < 4.78 is 32.7. The zero-order valence-corrected chi connectivity index (χ0v) is 39.9. The Labute approximate surface area is 404 Å². The van der Waals surface area contributed by atoms with Gasteiger partial charge < -0.3 is 58.8 Å². The molecule has 368 valence electrons. The lowest BCUT2D eigenvalue weighted by Crippen LogP contribution is -2.54. The molecule has 4 aliphatic heterocycles. The first kappa shape index (κ1) is 47.5. The highest BCUT2D eigenvalue weighted by molar-refractivity contribution is 5.87. The van der Waals surface area contributed by atoms with Gasteiger partial charge in [0.15, 0.2) is 11.5 Å². The van der Waals surface area contributed by atoms with E-state index in [1.807, 2.05) is 88.4 Å². The minimum atomic E-state index is -0.906. The molecule has 2 unspecified atom stereocenters. The van der Waals surface area contributed by atoms with Crippen molar-refractivity contribution in [3.8, 4) is 45.1 Å². The number of carbonyl (C=O) groups is 5. The number of fused-ring (bicyclic) bond motifs is 3. The first-order valence-corrected chi connectivity index (χ1v) is 23.3. The molecule has 9 rings (SSSR count). The van der Waals surface area contributed by atoms with Gasteiger partial charge in [0.2, 0.25) is 18.6 Å². The van der Waals surface area contributed by atoms with E-state index in [2.05, 4.69) is 25.6 Å². The third kappa shape index (κ3) is 9.67. The molecule has 0 spiro atoms. The summed E-state index contributed by atoms with van der Waals surface area (Å²) in [7, 11) is 2.51. The fourth-order valence-corrected chi connectivity index (χ4v) is 9.42. The molecule has 4 aliphatic rings. The largest absolute Gasteiger partial charge is 0.454 e. The number of H-pyrrole nitrogens is 2. The number of carbonyl (C=O) groups excluding carboxylic acids is 5. The van der Waals surface area contributed by atoms with Gasteiger partial charge in [0.1, 0.15) is 35.9 Å². The number of rotatable bonds is 12. The van der Waals surface area contributed by atoms with Crippen LogP contribution in [-0.4, -0.2) is 130 Å². The van der Waals surface area contributed by atoms with Crippen molar-refractivity contribution in [2.24, 2.45) is 11.8 Å². The van der Waals surface area contributed by atoms with Gasteiger partial charge in [0.05, 0.1) is 70.3 Å². The molecule has 20 heteroatoms. The van der Waals surface area contributed by atoms with Crippen LogP contribution in [0.5, 0.6) is 11.5 Å². The fraction of sp³-hybridized carbons (Fsp3) is 0.420. The van der Waals surface area contributed by atoms with E-state index >= 15 is 0 Å². The maximum absolute atomic E-state index is 14.3. The van der Waals surface area contributed by atoms with Gasteiger partial charge in [-0.1, -0.05) is 82.3 Å². The van der Waals surface area contributed by atoms with Crippen molar-refractivity contribution >= 4 is 30.1 Å². The minimum Gasteiger partial charge on any atom is -0.454 e. The summed E-state index contributed by atoms with van der Waals surface area (Å²) in [5.74, 6) is 1.35. The lowest BCUT2D eigenvalue weighted by molar-refractivity contribution is -0.143. The third-order valence-electron chi connectivity index (χ3n) is 13.3. The number of morpholine rings is 1. The molecule has 4 N–H and O–H groups in total. The lowest BCUT2D eigenvalue weighted by Gasteiger charge is -2.37. The number of imidazole rings is 2. The summed E-state index contributed by atoms with van der Waals surface area (Å²) in [5.41, 5.74) is 7.08. The van der Waals surface area contributed by atoms with Gasteiger partial charge in [-0.15, -0.1) is 0 Å². The quantitative estimate of drug-likeness (QED) is 0.101. The van der Waals surface area contributed by atoms with Gasteiger partial charge in [-0.2, -0.15) is 0 Å². The lowest BCUT2D eigenvalue weighted by atomic mass is 10.0. The predicted molar refractivity (Wildman–Crippen MR) is 252 cm³/mol. The van der Waals surface area contributed by atoms with Crippen LogP contribution in [0.2, 0.25) is 0 Å². The van der Waals surface area contributed by atoms with E-state index in [1.54, 1.807) is 27.1 Å². The number of aromatic nitrogens is 4. The number of ether oxygens (including phenoxy) is 6. The van der Waals surface area contributed by atoms with Crippen LogP contribution in [-0.2, 0) is 41.6 Å². The molecule has 20 nitrogen and oxygen atoms in total. The number of aromatic amines is 2. The van der Waals surface area contributed by atoms with Crippen molar-refractivity contribution in [3.63, 3.8) is 0 Å². The van der Waals surface area contributed by atoms with Crippen molar-refractivity contribution in [2.45, 2.75) is 77.5 Å². The molecule has 3 aromatic carbocycles. The average molecular weight is 960 g/mol. The molecule has 2 saturated heterocycles. The first-order valence-electron chi connectivity index (χ1n) is 23.3. The summed E-state index contributed by atoms with van der Waals surface area (Å²) in [6.07, 6.45) is 1.16. The van der Waals surface area contributed by atoms with Crippen LogP contribution in [0.3, 0.4) is 0 Å². The molecule has 5 amide bonds. The van der Waals surface area contributed by atoms with E-state index in [9.17, 15) is 24.0 Å². The summed E-state index contributed by atoms with van der Waals surface area (Å²) in [4.78, 5) is 87.2. The Kier molecular flexibility index (Phi) is 13.7. The van der Waals surface area contributed by atoms with Crippen molar-refractivity contribution in [1.29, 1.82) is 0 Å². The molecule has 0 aliphatic carbocycles. The Hall–Kier alpha value is -7.61. The van der Waals surface area contributed by atoms with Crippen LogP contribution in [0.1, 0.15) is 69.0 Å². The number of alkyl carbamates (subject to hydrolysis) is 2. The van der Waals surface area contributed by atoms with Gasteiger partial charge >= 0.3 is 18.3 Å². The highest BCUT2D eigenvalue weighted by atomic mass is 16.7. The minimum absolute atomic E-state index is 0.0884. The molecule has 2 aromatic heterocycles. The van der Waals surface area contributed by atoms with Crippen molar-refractivity contribution < 1.29 is 52.4 Å². The van der Waals surface area contributed by atoms with E-state index in [0.717, 1.165) is 44.8 Å². The smallest absolute Gasteiger partial charge is 0.410 e. The normalized spacial score (nSPS) is 19.2. The van der Waals surface area contributed by atoms with E-state index in [0.29, 0.717) is 49.4 Å². The highest BCUT2D eigenvalue weighted by Crippen LogP contribution is 2.42. The number of likely N-dealkylation sites (tertiary alicyclic amines) is 1. The second-order valence-corrected chi connectivity index (χ2v) is 18.4. The van der Waals surface area contributed by atoms with Gasteiger partial charge in [-0.25, -0.2) is 24.4 Å². The maximum atomic E-state index is 14.3. The average Bonchev–Trinajstić information content (AvgIpc) is 4.24. The number of hydrogen-bond acceptors (Lipinski definition) is 13. The summed E-state index contributed by atoms with van der Waals surface area (Å²) in [5, 5.41) is 5.35. The molecule has 0 radical (unpaired) electrons. The molecule has 70 heavy (non-hydrogen) atoms. The summed E-state index contributed by atoms with van der Waals surface area (Å²) in [6.45, 7) is 9.25. The van der Waals surface area contributed by atoms with E-state index in [1.165, 1.54) is 14.2 Å². The second-order valence-electron chi connectivity index (χ2n) is 18.4. The number of amides is 5.